The Bertz CT molecular complexity index is 311. The molecule has 0 radical (unpaired) electrons. The first-order valence-corrected chi connectivity index (χ1v) is 5.40. The minimum absolute atomic E-state index is 0.0747. The fourth-order valence-electron chi connectivity index (χ4n) is 0.891. The van der Waals surface area contributed by atoms with E-state index in [1.165, 1.54) is 16.2 Å². The molecule has 1 aromatic rings. The highest BCUT2D eigenvalue weighted by Crippen LogP contribution is 2.24. The van der Waals surface area contributed by atoms with Crippen molar-refractivity contribution in [2.45, 2.75) is 6.04 Å². The van der Waals surface area contributed by atoms with Crippen molar-refractivity contribution in [3.8, 4) is 0 Å². The van der Waals surface area contributed by atoms with Crippen molar-refractivity contribution in [2.24, 2.45) is 5.73 Å². The molecular formula is C8H11BrN2OS. The number of rotatable bonds is 2. The molecule has 0 spiro atoms. The molecule has 0 aromatic carbocycles. The Kier molecular flexibility index (Phi) is 3.47. The lowest BCUT2D eigenvalue weighted by Crippen LogP contribution is -2.32. The number of nitrogens with two attached hydrogens (primary N) is 1. The van der Waals surface area contributed by atoms with Crippen LogP contribution in [0.5, 0.6) is 0 Å². The maximum absolute atomic E-state index is 11.4. The number of likely N-dealkylation sites (N-methyl/N-ethyl adjacent to an activating group) is 1. The van der Waals surface area contributed by atoms with E-state index in [4.69, 9.17) is 5.73 Å². The van der Waals surface area contributed by atoms with Gasteiger partial charge >= 0.3 is 0 Å². The minimum atomic E-state index is -0.536. The standard InChI is InChI=1S/C8H11BrN2OS/c1-11(2)8(12)7(10)6-3-5(9)4-13-6/h3-4,7H,10H2,1-2H3. The van der Waals surface area contributed by atoms with E-state index in [0.29, 0.717) is 0 Å². The molecule has 72 valence electrons. The Morgan fingerprint density at radius 1 is 1.69 bits per heavy atom. The molecule has 0 aliphatic carbocycles. The smallest absolute Gasteiger partial charge is 0.244 e. The summed E-state index contributed by atoms with van der Waals surface area (Å²) in [5.74, 6) is -0.0747. The summed E-state index contributed by atoms with van der Waals surface area (Å²) in [5, 5.41) is 1.91. The number of carbonyl (C=O) groups excluding carboxylic acids is 1. The molecule has 1 amide bonds. The van der Waals surface area contributed by atoms with E-state index in [2.05, 4.69) is 15.9 Å². The zero-order chi connectivity index (χ0) is 10.0. The summed E-state index contributed by atoms with van der Waals surface area (Å²) in [4.78, 5) is 13.8. The van der Waals surface area contributed by atoms with Crippen LogP contribution in [-0.4, -0.2) is 24.9 Å². The molecule has 13 heavy (non-hydrogen) atoms. The summed E-state index contributed by atoms with van der Waals surface area (Å²) in [5.41, 5.74) is 5.75. The van der Waals surface area contributed by atoms with Gasteiger partial charge in [0.1, 0.15) is 6.04 Å². The third-order valence-corrected chi connectivity index (χ3v) is 3.38. The van der Waals surface area contributed by atoms with Crippen LogP contribution in [0.3, 0.4) is 0 Å². The zero-order valence-corrected chi connectivity index (χ0v) is 9.85. The van der Waals surface area contributed by atoms with E-state index < -0.39 is 6.04 Å². The summed E-state index contributed by atoms with van der Waals surface area (Å²) in [6.45, 7) is 0. The highest BCUT2D eigenvalue weighted by molar-refractivity contribution is 9.10. The zero-order valence-electron chi connectivity index (χ0n) is 7.45. The van der Waals surface area contributed by atoms with Crippen molar-refractivity contribution in [3.05, 3.63) is 20.8 Å². The van der Waals surface area contributed by atoms with Crippen molar-refractivity contribution in [2.75, 3.05) is 14.1 Å². The van der Waals surface area contributed by atoms with Crippen LogP contribution in [0.2, 0.25) is 0 Å². The minimum Gasteiger partial charge on any atom is -0.347 e. The SMILES string of the molecule is CN(C)C(=O)C(N)c1cc(Br)cs1. The molecular weight excluding hydrogens is 252 g/mol. The largest absolute Gasteiger partial charge is 0.347 e. The molecule has 1 aromatic heterocycles. The van der Waals surface area contributed by atoms with Crippen LogP contribution in [0, 0.1) is 0 Å². The summed E-state index contributed by atoms with van der Waals surface area (Å²) >= 11 is 4.80. The summed E-state index contributed by atoms with van der Waals surface area (Å²) in [6.07, 6.45) is 0. The molecule has 5 heteroatoms. The molecule has 1 unspecified atom stereocenters. The number of nitrogens with zero attached hydrogens (tertiary/aromatic N) is 1. The molecule has 0 saturated carbocycles. The second-order valence-corrected chi connectivity index (χ2v) is 4.74. The number of amides is 1. The van der Waals surface area contributed by atoms with Gasteiger partial charge in [0.05, 0.1) is 0 Å². The van der Waals surface area contributed by atoms with Gasteiger partial charge in [0.15, 0.2) is 0 Å². The van der Waals surface area contributed by atoms with E-state index in [1.54, 1.807) is 14.1 Å². The van der Waals surface area contributed by atoms with Crippen molar-refractivity contribution in [1.29, 1.82) is 0 Å². The number of hydrogen-bond donors (Lipinski definition) is 1. The third-order valence-electron chi connectivity index (χ3n) is 1.60. The van der Waals surface area contributed by atoms with Crippen molar-refractivity contribution in [3.63, 3.8) is 0 Å². The lowest BCUT2D eigenvalue weighted by molar-refractivity contribution is -0.130. The molecule has 2 N–H and O–H groups in total. The molecule has 1 heterocycles. The van der Waals surface area contributed by atoms with Crippen LogP contribution in [0.1, 0.15) is 10.9 Å². The molecule has 3 nitrogen and oxygen atoms in total. The van der Waals surface area contributed by atoms with Gasteiger partial charge in [-0.15, -0.1) is 11.3 Å². The van der Waals surface area contributed by atoms with Crippen molar-refractivity contribution >= 4 is 33.2 Å². The second-order valence-electron chi connectivity index (χ2n) is 2.88. The monoisotopic (exact) mass is 262 g/mol. The van der Waals surface area contributed by atoms with E-state index in [0.717, 1.165) is 9.35 Å². The van der Waals surface area contributed by atoms with E-state index in [-0.39, 0.29) is 5.91 Å². The van der Waals surface area contributed by atoms with Crippen molar-refractivity contribution in [1.82, 2.24) is 4.90 Å². The highest BCUT2D eigenvalue weighted by Gasteiger charge is 2.18. The number of halogens is 1. The predicted molar refractivity (Wildman–Crippen MR) is 57.6 cm³/mol. The Morgan fingerprint density at radius 3 is 2.69 bits per heavy atom. The van der Waals surface area contributed by atoms with Crippen LogP contribution < -0.4 is 5.73 Å². The predicted octanol–water partition coefficient (Wildman–Crippen LogP) is 1.60. The molecule has 0 aliphatic heterocycles. The average molecular weight is 263 g/mol. The lowest BCUT2D eigenvalue weighted by atomic mass is 10.2. The first kappa shape index (κ1) is 10.7. The van der Waals surface area contributed by atoms with Crippen LogP contribution >= 0.6 is 27.3 Å². The first-order valence-electron chi connectivity index (χ1n) is 3.73. The Labute approximate surface area is 89.7 Å². The molecule has 1 atom stereocenters. The Hall–Kier alpha value is -0.390. The van der Waals surface area contributed by atoms with Gasteiger partial charge in [0.2, 0.25) is 5.91 Å². The van der Waals surface area contributed by atoms with Crippen LogP contribution in [0.4, 0.5) is 0 Å². The molecule has 0 aliphatic rings. The number of carbonyl (C=O) groups is 1. The van der Waals surface area contributed by atoms with Gasteiger partial charge in [-0.3, -0.25) is 4.79 Å². The van der Waals surface area contributed by atoms with Gasteiger partial charge in [0, 0.05) is 28.8 Å². The van der Waals surface area contributed by atoms with Gasteiger partial charge in [-0.2, -0.15) is 0 Å². The van der Waals surface area contributed by atoms with E-state index in [1.807, 2.05) is 11.4 Å². The maximum atomic E-state index is 11.4. The van der Waals surface area contributed by atoms with Crippen LogP contribution in [0.15, 0.2) is 15.9 Å². The summed E-state index contributed by atoms with van der Waals surface area (Å²) in [7, 11) is 3.40. The van der Waals surface area contributed by atoms with Crippen molar-refractivity contribution < 1.29 is 4.79 Å². The lowest BCUT2D eigenvalue weighted by Gasteiger charge is -2.14. The maximum Gasteiger partial charge on any atom is 0.244 e. The van der Waals surface area contributed by atoms with E-state index in [9.17, 15) is 4.79 Å². The Morgan fingerprint density at radius 2 is 2.31 bits per heavy atom. The number of thiophene rings is 1. The quantitative estimate of drug-likeness (QED) is 0.880. The molecule has 0 saturated heterocycles. The van der Waals surface area contributed by atoms with Gasteiger partial charge in [0.25, 0.3) is 0 Å². The Balaban J connectivity index is 2.79. The average Bonchev–Trinajstić information content (AvgIpc) is 2.49. The molecule has 0 bridgehead atoms. The van der Waals surface area contributed by atoms with Gasteiger partial charge < -0.3 is 10.6 Å². The molecule has 1 rings (SSSR count). The van der Waals surface area contributed by atoms with Gasteiger partial charge in [-0.25, -0.2) is 0 Å². The normalized spacial score (nSPS) is 12.6. The fourth-order valence-corrected chi connectivity index (χ4v) is 2.33. The third kappa shape index (κ3) is 2.52. The van der Waals surface area contributed by atoms with Crippen LogP contribution in [0.25, 0.3) is 0 Å². The van der Waals surface area contributed by atoms with Crippen LogP contribution in [-0.2, 0) is 4.79 Å². The number of hydrogen-bond acceptors (Lipinski definition) is 3. The fraction of sp³-hybridized carbons (Fsp3) is 0.375. The summed E-state index contributed by atoms with van der Waals surface area (Å²) < 4.78 is 0.967. The first-order chi connectivity index (χ1) is 6.02. The molecule has 0 fully saturated rings. The summed E-state index contributed by atoms with van der Waals surface area (Å²) in [6, 6.07) is 1.34. The van der Waals surface area contributed by atoms with Gasteiger partial charge in [-0.1, -0.05) is 0 Å². The highest BCUT2D eigenvalue weighted by atomic mass is 79.9. The van der Waals surface area contributed by atoms with Gasteiger partial charge in [-0.05, 0) is 22.0 Å². The topological polar surface area (TPSA) is 46.3 Å². The second kappa shape index (κ2) is 4.21. The van der Waals surface area contributed by atoms with E-state index >= 15 is 0 Å².